The standard InChI is InChI=1S/C9H10N2O3S/c12-7(13)4-15-9-10-6-3-1-2-5(6)8(14)11-9/h1-4H2,(H,12,13)(H,10,11,14). The van der Waals surface area contributed by atoms with Crippen molar-refractivity contribution >= 4 is 17.7 Å². The Balaban J connectivity index is 2.24. The Morgan fingerprint density at radius 1 is 1.53 bits per heavy atom. The van der Waals surface area contributed by atoms with Crippen LogP contribution in [0.1, 0.15) is 17.7 Å². The van der Waals surface area contributed by atoms with Crippen molar-refractivity contribution in [1.82, 2.24) is 9.97 Å². The van der Waals surface area contributed by atoms with Crippen LogP contribution >= 0.6 is 11.8 Å². The van der Waals surface area contributed by atoms with E-state index in [1.807, 2.05) is 0 Å². The lowest BCUT2D eigenvalue weighted by atomic mass is 10.3. The number of hydrogen-bond donors (Lipinski definition) is 2. The van der Waals surface area contributed by atoms with Gasteiger partial charge in [-0.1, -0.05) is 11.8 Å². The van der Waals surface area contributed by atoms with E-state index >= 15 is 0 Å². The highest BCUT2D eigenvalue weighted by Gasteiger charge is 2.17. The van der Waals surface area contributed by atoms with Crippen molar-refractivity contribution in [3.63, 3.8) is 0 Å². The third-order valence-corrected chi connectivity index (χ3v) is 3.11. The SMILES string of the molecule is O=C(O)CSc1nc2c(c(=O)[nH]1)CCC2. The zero-order valence-corrected chi connectivity index (χ0v) is 8.76. The van der Waals surface area contributed by atoms with E-state index in [-0.39, 0.29) is 11.3 Å². The summed E-state index contributed by atoms with van der Waals surface area (Å²) in [5.41, 5.74) is 1.46. The first-order valence-electron chi connectivity index (χ1n) is 4.63. The molecule has 15 heavy (non-hydrogen) atoms. The van der Waals surface area contributed by atoms with E-state index in [0.717, 1.165) is 42.3 Å². The molecule has 0 fully saturated rings. The van der Waals surface area contributed by atoms with Crippen LogP contribution < -0.4 is 5.56 Å². The van der Waals surface area contributed by atoms with Crippen LogP contribution in [0.2, 0.25) is 0 Å². The second kappa shape index (κ2) is 4.06. The smallest absolute Gasteiger partial charge is 0.313 e. The molecule has 1 aromatic rings. The molecule has 1 aliphatic rings. The maximum Gasteiger partial charge on any atom is 0.313 e. The molecule has 6 heteroatoms. The molecule has 0 radical (unpaired) electrons. The van der Waals surface area contributed by atoms with Crippen molar-refractivity contribution in [2.75, 3.05) is 5.75 Å². The molecule has 80 valence electrons. The molecule has 0 atom stereocenters. The number of H-pyrrole nitrogens is 1. The summed E-state index contributed by atoms with van der Waals surface area (Å²) in [4.78, 5) is 28.7. The zero-order valence-electron chi connectivity index (χ0n) is 7.95. The second-order valence-corrected chi connectivity index (χ2v) is 4.30. The number of aromatic nitrogens is 2. The van der Waals surface area contributed by atoms with Crippen molar-refractivity contribution in [1.29, 1.82) is 0 Å². The third-order valence-electron chi connectivity index (χ3n) is 2.25. The van der Waals surface area contributed by atoms with Gasteiger partial charge in [0.2, 0.25) is 0 Å². The van der Waals surface area contributed by atoms with Crippen LogP contribution in [0.15, 0.2) is 9.95 Å². The van der Waals surface area contributed by atoms with Gasteiger partial charge in [-0.2, -0.15) is 0 Å². The molecule has 0 unspecified atom stereocenters. The number of rotatable bonds is 3. The van der Waals surface area contributed by atoms with Crippen LogP contribution in [-0.4, -0.2) is 26.8 Å². The fraction of sp³-hybridized carbons (Fsp3) is 0.444. The minimum atomic E-state index is -0.914. The fourth-order valence-corrected chi connectivity index (χ4v) is 2.22. The predicted octanol–water partition coefficient (Wildman–Crippen LogP) is 0.435. The first kappa shape index (κ1) is 10.2. The first-order valence-corrected chi connectivity index (χ1v) is 5.62. The van der Waals surface area contributed by atoms with Gasteiger partial charge in [-0.3, -0.25) is 9.59 Å². The number of nitrogens with zero attached hydrogens (tertiary/aromatic N) is 1. The van der Waals surface area contributed by atoms with Crippen LogP contribution in [0, 0.1) is 0 Å². The summed E-state index contributed by atoms with van der Waals surface area (Å²) in [6.07, 6.45) is 2.56. The van der Waals surface area contributed by atoms with E-state index in [9.17, 15) is 9.59 Å². The number of thioether (sulfide) groups is 1. The summed E-state index contributed by atoms with van der Waals surface area (Å²) in [6.45, 7) is 0. The Bertz CT molecular complexity index is 455. The highest BCUT2D eigenvalue weighted by atomic mass is 32.2. The lowest BCUT2D eigenvalue weighted by Gasteiger charge is -2.01. The molecule has 0 aromatic carbocycles. The molecule has 1 aromatic heterocycles. The van der Waals surface area contributed by atoms with Gasteiger partial charge < -0.3 is 10.1 Å². The van der Waals surface area contributed by atoms with Crippen molar-refractivity contribution in [3.05, 3.63) is 21.6 Å². The van der Waals surface area contributed by atoms with Crippen LogP contribution in [0.5, 0.6) is 0 Å². The van der Waals surface area contributed by atoms with Crippen molar-refractivity contribution in [3.8, 4) is 0 Å². The number of aromatic amines is 1. The maximum absolute atomic E-state index is 11.5. The molecule has 5 nitrogen and oxygen atoms in total. The van der Waals surface area contributed by atoms with E-state index in [2.05, 4.69) is 9.97 Å². The zero-order chi connectivity index (χ0) is 10.8. The van der Waals surface area contributed by atoms with E-state index in [1.165, 1.54) is 0 Å². The predicted molar refractivity (Wildman–Crippen MR) is 55.2 cm³/mol. The summed E-state index contributed by atoms with van der Waals surface area (Å²) in [7, 11) is 0. The number of carboxylic acid groups (broad SMARTS) is 1. The van der Waals surface area contributed by atoms with Crippen molar-refractivity contribution < 1.29 is 9.90 Å². The number of carbonyl (C=O) groups is 1. The monoisotopic (exact) mass is 226 g/mol. The Hall–Kier alpha value is -1.30. The Morgan fingerprint density at radius 2 is 2.33 bits per heavy atom. The summed E-state index contributed by atoms with van der Waals surface area (Å²) < 4.78 is 0. The molecule has 0 bridgehead atoms. The quantitative estimate of drug-likeness (QED) is 0.577. The third kappa shape index (κ3) is 2.20. The van der Waals surface area contributed by atoms with Crippen molar-refractivity contribution in [2.24, 2.45) is 0 Å². The van der Waals surface area contributed by atoms with E-state index in [1.54, 1.807) is 0 Å². The maximum atomic E-state index is 11.5. The van der Waals surface area contributed by atoms with E-state index in [0.29, 0.717) is 5.16 Å². The highest BCUT2D eigenvalue weighted by molar-refractivity contribution is 7.99. The average Bonchev–Trinajstić information content (AvgIpc) is 2.63. The molecular weight excluding hydrogens is 216 g/mol. The van der Waals surface area contributed by atoms with Gasteiger partial charge in [-0.15, -0.1) is 0 Å². The molecule has 0 amide bonds. The fourth-order valence-electron chi connectivity index (χ4n) is 1.62. The molecule has 1 aliphatic carbocycles. The van der Waals surface area contributed by atoms with Gasteiger partial charge in [0.05, 0.1) is 11.4 Å². The van der Waals surface area contributed by atoms with Gasteiger partial charge in [-0.25, -0.2) is 4.98 Å². The molecule has 0 aliphatic heterocycles. The molecule has 0 saturated heterocycles. The Morgan fingerprint density at radius 3 is 3.07 bits per heavy atom. The minimum Gasteiger partial charge on any atom is -0.481 e. The van der Waals surface area contributed by atoms with Gasteiger partial charge >= 0.3 is 5.97 Å². The highest BCUT2D eigenvalue weighted by Crippen LogP contribution is 2.19. The van der Waals surface area contributed by atoms with Gasteiger partial charge in [0.15, 0.2) is 5.16 Å². The number of aryl methyl sites for hydroxylation is 1. The molecule has 1 heterocycles. The first-order chi connectivity index (χ1) is 7.16. The second-order valence-electron chi connectivity index (χ2n) is 3.33. The summed E-state index contributed by atoms with van der Waals surface area (Å²) in [6, 6.07) is 0. The average molecular weight is 226 g/mol. The summed E-state index contributed by atoms with van der Waals surface area (Å²) >= 11 is 1.04. The number of fused-ring (bicyclic) bond motifs is 1. The van der Waals surface area contributed by atoms with Crippen LogP contribution in [0.25, 0.3) is 0 Å². The Labute approximate surface area is 89.9 Å². The number of aliphatic carboxylic acids is 1. The topological polar surface area (TPSA) is 83.0 Å². The molecule has 2 N–H and O–H groups in total. The lowest BCUT2D eigenvalue weighted by molar-refractivity contribution is -0.133. The summed E-state index contributed by atoms with van der Waals surface area (Å²) in [5, 5.41) is 8.90. The van der Waals surface area contributed by atoms with Gasteiger partial charge in [0, 0.05) is 5.56 Å². The van der Waals surface area contributed by atoms with Crippen molar-refractivity contribution in [2.45, 2.75) is 24.4 Å². The Kier molecular flexibility index (Phi) is 2.77. The number of nitrogens with one attached hydrogen (secondary N) is 1. The van der Waals surface area contributed by atoms with Gasteiger partial charge in [-0.05, 0) is 19.3 Å². The van der Waals surface area contributed by atoms with Gasteiger partial charge in [0.25, 0.3) is 5.56 Å². The van der Waals surface area contributed by atoms with Gasteiger partial charge in [0.1, 0.15) is 0 Å². The normalized spacial score (nSPS) is 13.9. The molecule has 0 spiro atoms. The van der Waals surface area contributed by atoms with Crippen LogP contribution in [-0.2, 0) is 17.6 Å². The van der Waals surface area contributed by atoms with E-state index < -0.39 is 5.97 Å². The largest absolute Gasteiger partial charge is 0.481 e. The minimum absolute atomic E-state index is 0.0816. The van der Waals surface area contributed by atoms with Crippen LogP contribution in [0.4, 0.5) is 0 Å². The van der Waals surface area contributed by atoms with E-state index in [4.69, 9.17) is 5.11 Å². The number of hydrogen-bond acceptors (Lipinski definition) is 4. The molecular formula is C9H10N2O3S. The number of carboxylic acids is 1. The molecule has 2 rings (SSSR count). The molecule has 0 saturated carbocycles. The lowest BCUT2D eigenvalue weighted by Crippen LogP contribution is -2.15. The van der Waals surface area contributed by atoms with Crippen LogP contribution in [0.3, 0.4) is 0 Å². The summed E-state index contributed by atoms with van der Waals surface area (Å²) in [5.74, 6) is -0.995.